The first-order valence-electron chi connectivity index (χ1n) is 5.97. The van der Waals surface area contributed by atoms with Crippen molar-refractivity contribution in [2.75, 3.05) is 26.8 Å². The van der Waals surface area contributed by atoms with Crippen LogP contribution in [0, 0.1) is 12.3 Å². The van der Waals surface area contributed by atoms with Crippen molar-refractivity contribution in [3.63, 3.8) is 0 Å². The molecule has 0 atom stereocenters. The van der Waals surface area contributed by atoms with Gasteiger partial charge in [-0.05, 0) is 12.8 Å². The number of ether oxygens (including phenoxy) is 1. The van der Waals surface area contributed by atoms with Gasteiger partial charge in [0.05, 0.1) is 0 Å². The summed E-state index contributed by atoms with van der Waals surface area (Å²) in [5, 5.41) is 0. The van der Waals surface area contributed by atoms with Crippen LogP contribution in [0.1, 0.15) is 39.0 Å². The van der Waals surface area contributed by atoms with E-state index in [1.165, 1.54) is 0 Å². The molecule has 0 fully saturated rings. The number of rotatable bonds is 9. The smallest absolute Gasteiger partial charge is 0.222 e. The van der Waals surface area contributed by atoms with Crippen LogP contribution in [0.15, 0.2) is 0 Å². The fraction of sp³-hybridized carbons (Fsp3) is 0.769. The molecule has 0 saturated heterocycles. The van der Waals surface area contributed by atoms with E-state index < -0.39 is 0 Å². The van der Waals surface area contributed by atoms with E-state index in [9.17, 15) is 4.79 Å². The van der Waals surface area contributed by atoms with Gasteiger partial charge >= 0.3 is 0 Å². The van der Waals surface area contributed by atoms with Gasteiger partial charge < -0.3 is 9.64 Å². The summed E-state index contributed by atoms with van der Waals surface area (Å²) in [4.78, 5) is 13.4. The maximum Gasteiger partial charge on any atom is 0.222 e. The largest absolute Gasteiger partial charge is 0.369 e. The van der Waals surface area contributed by atoms with Crippen LogP contribution < -0.4 is 0 Å². The molecule has 0 aromatic carbocycles. The van der Waals surface area contributed by atoms with Crippen LogP contribution in [0.5, 0.6) is 0 Å². The SMILES string of the molecule is C#CCOCCCN(C)C(=O)CCCCC. The average molecular weight is 225 g/mol. The summed E-state index contributed by atoms with van der Waals surface area (Å²) in [5.41, 5.74) is 0. The Kier molecular flexibility index (Phi) is 9.84. The van der Waals surface area contributed by atoms with Crippen molar-refractivity contribution >= 4 is 5.91 Å². The summed E-state index contributed by atoms with van der Waals surface area (Å²) in [6.45, 7) is 3.86. The predicted molar refractivity (Wildman–Crippen MR) is 66.0 cm³/mol. The summed E-state index contributed by atoms with van der Waals surface area (Å²) in [5.74, 6) is 2.64. The third-order valence-corrected chi connectivity index (χ3v) is 2.39. The first-order chi connectivity index (χ1) is 7.72. The molecule has 16 heavy (non-hydrogen) atoms. The van der Waals surface area contributed by atoms with Gasteiger partial charge in [-0.15, -0.1) is 6.42 Å². The first kappa shape index (κ1) is 15.0. The van der Waals surface area contributed by atoms with Gasteiger partial charge in [0.25, 0.3) is 0 Å². The number of carbonyl (C=O) groups excluding carboxylic acids is 1. The molecule has 0 aliphatic carbocycles. The second-order valence-electron chi connectivity index (χ2n) is 3.88. The maximum absolute atomic E-state index is 11.6. The summed E-state index contributed by atoms with van der Waals surface area (Å²) >= 11 is 0. The number of terminal acetylenes is 1. The molecule has 0 aliphatic rings. The van der Waals surface area contributed by atoms with Crippen molar-refractivity contribution in [1.29, 1.82) is 0 Å². The standard InChI is InChI=1S/C13H23NO2/c1-4-6-7-9-13(15)14(3)10-8-12-16-11-5-2/h2H,4,6-12H2,1,3H3. The van der Waals surface area contributed by atoms with Crippen molar-refractivity contribution in [2.24, 2.45) is 0 Å². The Bertz CT molecular complexity index is 220. The highest BCUT2D eigenvalue weighted by molar-refractivity contribution is 5.75. The molecule has 0 unspecified atom stereocenters. The molecule has 0 N–H and O–H groups in total. The molecule has 0 aliphatic heterocycles. The zero-order valence-electron chi connectivity index (χ0n) is 10.5. The third kappa shape index (κ3) is 8.31. The summed E-state index contributed by atoms with van der Waals surface area (Å²) in [6.07, 6.45) is 9.83. The quantitative estimate of drug-likeness (QED) is 0.444. The minimum atomic E-state index is 0.227. The zero-order chi connectivity index (χ0) is 12.2. The van der Waals surface area contributed by atoms with Gasteiger partial charge in [0.2, 0.25) is 5.91 Å². The molecule has 0 radical (unpaired) electrons. The molecule has 1 amide bonds. The summed E-state index contributed by atoms with van der Waals surface area (Å²) in [7, 11) is 1.84. The highest BCUT2D eigenvalue weighted by atomic mass is 16.5. The van der Waals surface area contributed by atoms with Crippen LogP contribution in [0.3, 0.4) is 0 Å². The van der Waals surface area contributed by atoms with Gasteiger partial charge in [-0.3, -0.25) is 4.79 Å². The van der Waals surface area contributed by atoms with Gasteiger partial charge in [0.15, 0.2) is 0 Å². The molecular formula is C13H23NO2. The van der Waals surface area contributed by atoms with E-state index in [-0.39, 0.29) is 5.91 Å². The number of unbranched alkanes of at least 4 members (excludes halogenated alkanes) is 2. The second-order valence-corrected chi connectivity index (χ2v) is 3.88. The van der Waals surface area contributed by atoms with E-state index in [2.05, 4.69) is 12.8 Å². The fourth-order valence-electron chi connectivity index (χ4n) is 1.38. The van der Waals surface area contributed by atoms with Crippen molar-refractivity contribution in [3.8, 4) is 12.3 Å². The van der Waals surface area contributed by atoms with Crippen LogP contribution in [-0.4, -0.2) is 37.6 Å². The van der Waals surface area contributed by atoms with Gasteiger partial charge in [0, 0.05) is 26.6 Å². The molecular weight excluding hydrogens is 202 g/mol. The topological polar surface area (TPSA) is 29.5 Å². The highest BCUT2D eigenvalue weighted by Gasteiger charge is 2.06. The predicted octanol–water partition coefficient (Wildman–Crippen LogP) is 2.06. The Hall–Kier alpha value is -1.01. The van der Waals surface area contributed by atoms with Crippen LogP contribution in [-0.2, 0) is 9.53 Å². The zero-order valence-corrected chi connectivity index (χ0v) is 10.5. The molecule has 0 spiro atoms. The third-order valence-electron chi connectivity index (χ3n) is 2.39. The van der Waals surface area contributed by atoms with Crippen molar-refractivity contribution < 1.29 is 9.53 Å². The Labute approximate surface area is 99.2 Å². The molecule has 3 heteroatoms. The number of hydrogen-bond acceptors (Lipinski definition) is 2. The normalized spacial score (nSPS) is 9.81. The van der Waals surface area contributed by atoms with E-state index >= 15 is 0 Å². The number of hydrogen-bond donors (Lipinski definition) is 0. The first-order valence-corrected chi connectivity index (χ1v) is 5.97. The molecule has 0 heterocycles. The van der Waals surface area contributed by atoms with Crippen LogP contribution in [0.4, 0.5) is 0 Å². The highest BCUT2D eigenvalue weighted by Crippen LogP contribution is 2.02. The number of carbonyl (C=O) groups is 1. The molecule has 0 saturated carbocycles. The molecule has 0 aromatic heterocycles. The molecule has 0 bridgehead atoms. The van der Waals surface area contributed by atoms with Gasteiger partial charge in [-0.1, -0.05) is 25.7 Å². The van der Waals surface area contributed by atoms with Gasteiger partial charge in [0.1, 0.15) is 6.61 Å². The average Bonchev–Trinajstić information content (AvgIpc) is 2.28. The van der Waals surface area contributed by atoms with Gasteiger partial charge in [-0.25, -0.2) is 0 Å². The lowest BCUT2D eigenvalue weighted by atomic mass is 10.2. The Morgan fingerprint density at radius 2 is 2.12 bits per heavy atom. The van der Waals surface area contributed by atoms with E-state index in [0.717, 1.165) is 32.2 Å². The number of amides is 1. The van der Waals surface area contributed by atoms with Crippen LogP contribution in [0.2, 0.25) is 0 Å². The van der Waals surface area contributed by atoms with Crippen LogP contribution in [0.25, 0.3) is 0 Å². The summed E-state index contributed by atoms with van der Waals surface area (Å²) in [6, 6.07) is 0. The van der Waals surface area contributed by atoms with E-state index in [1.54, 1.807) is 4.90 Å². The molecule has 3 nitrogen and oxygen atoms in total. The van der Waals surface area contributed by atoms with Crippen molar-refractivity contribution in [1.82, 2.24) is 4.90 Å². The van der Waals surface area contributed by atoms with Gasteiger partial charge in [-0.2, -0.15) is 0 Å². The molecule has 92 valence electrons. The monoisotopic (exact) mass is 225 g/mol. The minimum Gasteiger partial charge on any atom is -0.369 e. The molecule has 0 aromatic rings. The number of nitrogens with zero attached hydrogens (tertiary/aromatic N) is 1. The van der Waals surface area contributed by atoms with Crippen molar-refractivity contribution in [2.45, 2.75) is 39.0 Å². The Morgan fingerprint density at radius 1 is 1.38 bits per heavy atom. The lowest BCUT2D eigenvalue weighted by molar-refractivity contribution is -0.130. The lowest BCUT2D eigenvalue weighted by Gasteiger charge is -2.16. The lowest BCUT2D eigenvalue weighted by Crippen LogP contribution is -2.28. The Morgan fingerprint density at radius 3 is 2.75 bits per heavy atom. The maximum atomic E-state index is 11.6. The van der Waals surface area contributed by atoms with E-state index in [1.807, 2.05) is 7.05 Å². The summed E-state index contributed by atoms with van der Waals surface area (Å²) < 4.78 is 5.14. The fourth-order valence-corrected chi connectivity index (χ4v) is 1.38. The van der Waals surface area contributed by atoms with E-state index in [4.69, 9.17) is 11.2 Å². The molecule has 0 rings (SSSR count). The van der Waals surface area contributed by atoms with Crippen LogP contribution >= 0.6 is 0 Å². The van der Waals surface area contributed by atoms with E-state index in [0.29, 0.717) is 19.6 Å². The minimum absolute atomic E-state index is 0.227. The second kappa shape index (κ2) is 10.5. The Balaban J connectivity index is 3.44. The van der Waals surface area contributed by atoms with Crippen molar-refractivity contribution in [3.05, 3.63) is 0 Å².